The minimum Gasteiger partial charge on any atom is -0.487 e. The van der Waals surface area contributed by atoms with Crippen molar-refractivity contribution in [2.45, 2.75) is 38.8 Å². The highest BCUT2D eigenvalue weighted by Gasteiger charge is 2.30. The molecular formula is C14H19FN2O2. The highest BCUT2D eigenvalue weighted by Crippen LogP contribution is 2.34. The summed E-state index contributed by atoms with van der Waals surface area (Å²) in [6, 6.07) is 3.67. The Morgan fingerprint density at radius 1 is 1.63 bits per heavy atom. The number of carbonyl (C=O) groups is 1. The predicted octanol–water partition coefficient (Wildman–Crippen LogP) is 2.07. The van der Waals surface area contributed by atoms with E-state index >= 15 is 0 Å². The molecule has 0 saturated heterocycles. The van der Waals surface area contributed by atoms with Crippen LogP contribution in [0.4, 0.5) is 10.1 Å². The number of hydrogen-bond donors (Lipinski definition) is 1. The van der Waals surface area contributed by atoms with Gasteiger partial charge in [0.1, 0.15) is 17.7 Å². The van der Waals surface area contributed by atoms with Crippen LogP contribution >= 0.6 is 0 Å². The molecule has 0 fully saturated rings. The van der Waals surface area contributed by atoms with Gasteiger partial charge in [-0.15, -0.1) is 0 Å². The van der Waals surface area contributed by atoms with Crippen LogP contribution in [0.15, 0.2) is 18.2 Å². The topological polar surface area (TPSA) is 55.6 Å². The number of ether oxygens (including phenoxy) is 1. The quantitative estimate of drug-likeness (QED) is 0.911. The summed E-state index contributed by atoms with van der Waals surface area (Å²) in [7, 11) is 0. The van der Waals surface area contributed by atoms with Crippen LogP contribution in [0, 0.1) is 5.82 Å². The zero-order valence-corrected chi connectivity index (χ0v) is 11.2. The molecule has 0 aromatic heterocycles. The van der Waals surface area contributed by atoms with E-state index in [2.05, 4.69) is 0 Å². The van der Waals surface area contributed by atoms with Crippen molar-refractivity contribution in [3.05, 3.63) is 24.0 Å². The molecule has 0 spiro atoms. The molecular weight excluding hydrogens is 247 g/mol. The Hall–Kier alpha value is -1.62. The number of anilines is 1. The van der Waals surface area contributed by atoms with Gasteiger partial charge < -0.3 is 15.4 Å². The Morgan fingerprint density at radius 3 is 3.05 bits per heavy atom. The van der Waals surface area contributed by atoms with Crippen LogP contribution < -0.4 is 15.4 Å². The predicted molar refractivity (Wildman–Crippen MR) is 71.7 cm³/mol. The Labute approximate surface area is 112 Å². The summed E-state index contributed by atoms with van der Waals surface area (Å²) in [4.78, 5) is 13.9. The van der Waals surface area contributed by atoms with Gasteiger partial charge in [0.15, 0.2) is 0 Å². The molecule has 1 aliphatic rings. The zero-order valence-electron chi connectivity index (χ0n) is 11.2. The lowest BCUT2D eigenvalue weighted by Crippen LogP contribution is -2.49. The number of halogens is 1. The SMILES string of the molecule is CCCC(N)C(=O)N1CC(C)Oc2cc(F)ccc21. The minimum atomic E-state index is -0.520. The highest BCUT2D eigenvalue weighted by molar-refractivity contribution is 5.98. The summed E-state index contributed by atoms with van der Waals surface area (Å²) in [6.45, 7) is 4.27. The van der Waals surface area contributed by atoms with Crippen LogP contribution in [-0.2, 0) is 4.79 Å². The van der Waals surface area contributed by atoms with Gasteiger partial charge in [-0.1, -0.05) is 13.3 Å². The molecule has 0 saturated carbocycles. The Balaban J connectivity index is 2.30. The first-order valence-electron chi connectivity index (χ1n) is 6.56. The molecule has 2 atom stereocenters. The van der Waals surface area contributed by atoms with Gasteiger partial charge in [0.2, 0.25) is 5.91 Å². The molecule has 1 aromatic rings. The van der Waals surface area contributed by atoms with Crippen molar-refractivity contribution in [2.24, 2.45) is 5.73 Å². The van der Waals surface area contributed by atoms with E-state index in [-0.39, 0.29) is 17.8 Å². The third-order valence-electron chi connectivity index (χ3n) is 3.16. The fraction of sp³-hybridized carbons (Fsp3) is 0.500. The number of amides is 1. The normalized spacial score (nSPS) is 19.6. The maximum absolute atomic E-state index is 13.2. The second-order valence-electron chi connectivity index (χ2n) is 4.88. The summed E-state index contributed by atoms with van der Waals surface area (Å²) in [5.41, 5.74) is 6.48. The van der Waals surface area contributed by atoms with E-state index in [4.69, 9.17) is 10.5 Å². The van der Waals surface area contributed by atoms with E-state index in [1.54, 1.807) is 11.0 Å². The van der Waals surface area contributed by atoms with Crippen molar-refractivity contribution >= 4 is 11.6 Å². The van der Waals surface area contributed by atoms with Gasteiger partial charge in [-0.25, -0.2) is 4.39 Å². The smallest absolute Gasteiger partial charge is 0.244 e. The molecule has 4 nitrogen and oxygen atoms in total. The summed E-state index contributed by atoms with van der Waals surface area (Å²) in [6.07, 6.45) is 1.32. The molecule has 5 heteroatoms. The third-order valence-corrected chi connectivity index (χ3v) is 3.16. The average molecular weight is 266 g/mol. The van der Waals surface area contributed by atoms with Crippen molar-refractivity contribution in [2.75, 3.05) is 11.4 Å². The van der Waals surface area contributed by atoms with Gasteiger partial charge in [-0.2, -0.15) is 0 Å². The van der Waals surface area contributed by atoms with Gasteiger partial charge >= 0.3 is 0 Å². The van der Waals surface area contributed by atoms with Crippen LogP contribution in [0.3, 0.4) is 0 Å². The minimum absolute atomic E-state index is 0.134. The molecule has 104 valence electrons. The number of hydrogen-bond acceptors (Lipinski definition) is 3. The number of nitrogens with zero attached hydrogens (tertiary/aromatic N) is 1. The lowest BCUT2D eigenvalue weighted by Gasteiger charge is -2.34. The van der Waals surface area contributed by atoms with E-state index in [1.165, 1.54) is 12.1 Å². The second kappa shape index (κ2) is 5.57. The van der Waals surface area contributed by atoms with Crippen LogP contribution in [-0.4, -0.2) is 24.6 Å². The van der Waals surface area contributed by atoms with E-state index in [0.29, 0.717) is 24.4 Å². The number of fused-ring (bicyclic) bond motifs is 1. The van der Waals surface area contributed by atoms with Crippen LogP contribution in [0.25, 0.3) is 0 Å². The largest absolute Gasteiger partial charge is 0.487 e. The van der Waals surface area contributed by atoms with Crippen molar-refractivity contribution < 1.29 is 13.9 Å². The summed E-state index contributed by atoms with van der Waals surface area (Å²) in [5, 5.41) is 0. The first-order chi connectivity index (χ1) is 9.02. The van der Waals surface area contributed by atoms with E-state index in [9.17, 15) is 9.18 Å². The maximum atomic E-state index is 13.2. The third kappa shape index (κ3) is 2.87. The van der Waals surface area contributed by atoms with E-state index in [1.807, 2.05) is 13.8 Å². The molecule has 0 bridgehead atoms. The number of nitrogens with two attached hydrogens (primary N) is 1. The van der Waals surface area contributed by atoms with Crippen molar-refractivity contribution in [3.8, 4) is 5.75 Å². The Morgan fingerprint density at radius 2 is 2.37 bits per heavy atom. The number of benzene rings is 1. The van der Waals surface area contributed by atoms with Gasteiger partial charge in [-0.3, -0.25) is 4.79 Å². The molecule has 1 aromatic carbocycles. The first kappa shape index (κ1) is 13.8. The molecule has 2 N–H and O–H groups in total. The van der Waals surface area contributed by atoms with Crippen LogP contribution in [0.5, 0.6) is 5.75 Å². The number of rotatable bonds is 3. The molecule has 2 unspecified atom stereocenters. The zero-order chi connectivity index (χ0) is 14.0. The summed E-state index contributed by atoms with van der Waals surface area (Å²) < 4.78 is 18.8. The maximum Gasteiger partial charge on any atom is 0.244 e. The lowest BCUT2D eigenvalue weighted by atomic mass is 10.1. The molecule has 2 rings (SSSR count). The van der Waals surface area contributed by atoms with Crippen molar-refractivity contribution in [1.29, 1.82) is 0 Å². The standard InChI is InChI=1S/C14H19FN2O2/c1-3-4-11(16)14(18)17-8-9(2)19-13-7-10(15)5-6-12(13)17/h5-7,9,11H,3-4,8,16H2,1-2H3. The second-order valence-corrected chi connectivity index (χ2v) is 4.88. The molecule has 1 heterocycles. The van der Waals surface area contributed by atoms with Gasteiger partial charge in [0.05, 0.1) is 18.3 Å². The monoisotopic (exact) mass is 266 g/mol. The van der Waals surface area contributed by atoms with Crippen LogP contribution in [0.2, 0.25) is 0 Å². The van der Waals surface area contributed by atoms with Gasteiger partial charge in [0, 0.05) is 6.07 Å². The summed E-state index contributed by atoms with van der Waals surface area (Å²) in [5.74, 6) is -0.112. The molecule has 1 aliphatic heterocycles. The van der Waals surface area contributed by atoms with Crippen molar-refractivity contribution in [3.63, 3.8) is 0 Å². The summed E-state index contributed by atoms with van der Waals surface area (Å²) >= 11 is 0. The number of carbonyl (C=O) groups excluding carboxylic acids is 1. The first-order valence-corrected chi connectivity index (χ1v) is 6.56. The molecule has 0 aliphatic carbocycles. The molecule has 19 heavy (non-hydrogen) atoms. The molecule has 0 radical (unpaired) electrons. The van der Waals surface area contributed by atoms with Gasteiger partial charge in [-0.05, 0) is 25.5 Å². The Bertz CT molecular complexity index is 479. The molecule has 1 amide bonds. The van der Waals surface area contributed by atoms with E-state index < -0.39 is 6.04 Å². The highest BCUT2D eigenvalue weighted by atomic mass is 19.1. The average Bonchev–Trinajstić information content (AvgIpc) is 2.36. The lowest BCUT2D eigenvalue weighted by molar-refractivity contribution is -0.120. The Kier molecular flexibility index (Phi) is 4.04. The fourth-order valence-electron chi connectivity index (χ4n) is 2.26. The van der Waals surface area contributed by atoms with Crippen LogP contribution in [0.1, 0.15) is 26.7 Å². The van der Waals surface area contributed by atoms with Gasteiger partial charge in [0.25, 0.3) is 0 Å². The van der Waals surface area contributed by atoms with Crippen molar-refractivity contribution in [1.82, 2.24) is 0 Å². The van der Waals surface area contributed by atoms with E-state index in [0.717, 1.165) is 6.42 Å². The fourth-order valence-corrected chi connectivity index (χ4v) is 2.26.